The van der Waals surface area contributed by atoms with Crippen LogP contribution in [0.5, 0.6) is 0 Å². The third kappa shape index (κ3) is 3.45. The molecule has 0 unspecified atom stereocenters. The van der Waals surface area contributed by atoms with Gasteiger partial charge in [0.25, 0.3) is 0 Å². The lowest BCUT2D eigenvalue weighted by atomic mass is 10.2. The molecule has 0 atom stereocenters. The smallest absolute Gasteiger partial charge is 0.213 e. The van der Waals surface area contributed by atoms with Crippen molar-refractivity contribution in [3.05, 3.63) is 85.2 Å². The molecular weight excluding hydrogens is 442 g/mol. The zero-order chi connectivity index (χ0) is 22.1. The molecule has 158 valence electrons. The van der Waals surface area contributed by atoms with E-state index in [1.807, 2.05) is 42.5 Å². The molecule has 0 bridgehead atoms. The van der Waals surface area contributed by atoms with Crippen molar-refractivity contribution in [1.29, 1.82) is 0 Å². The number of benzene rings is 1. The van der Waals surface area contributed by atoms with E-state index in [1.54, 1.807) is 53.5 Å². The standard InChI is InChI=1S/C23H17N5O2S2/c1-31-23-21(32(29,30)16-9-3-2-4-10-16)22-26-19(17-11-5-7-13-24-17)15-20(28(22)27-23)18-12-6-8-14-25-18/h2-15H,1H3. The Morgan fingerprint density at radius 3 is 2.09 bits per heavy atom. The van der Waals surface area contributed by atoms with Crippen molar-refractivity contribution < 1.29 is 8.42 Å². The summed E-state index contributed by atoms with van der Waals surface area (Å²) in [6.07, 6.45) is 5.15. The molecule has 1 aromatic carbocycles. The molecule has 0 aliphatic carbocycles. The highest BCUT2D eigenvalue weighted by molar-refractivity contribution is 7.99. The largest absolute Gasteiger partial charge is 0.255 e. The molecule has 0 amide bonds. The highest BCUT2D eigenvalue weighted by atomic mass is 32.2. The molecule has 9 heteroatoms. The maximum Gasteiger partial charge on any atom is 0.213 e. The molecule has 5 rings (SSSR count). The Morgan fingerprint density at radius 2 is 1.47 bits per heavy atom. The number of hydrogen-bond acceptors (Lipinski definition) is 7. The summed E-state index contributed by atoms with van der Waals surface area (Å²) in [7, 11) is -3.87. The highest BCUT2D eigenvalue weighted by Crippen LogP contribution is 2.35. The Kier molecular flexibility index (Phi) is 5.20. The van der Waals surface area contributed by atoms with Crippen LogP contribution in [0.25, 0.3) is 28.4 Å². The average Bonchev–Trinajstić information content (AvgIpc) is 3.24. The van der Waals surface area contributed by atoms with Crippen LogP contribution in [0.15, 0.2) is 100 Å². The van der Waals surface area contributed by atoms with Crippen LogP contribution in [0.4, 0.5) is 0 Å². The monoisotopic (exact) mass is 459 g/mol. The molecule has 5 aromatic rings. The zero-order valence-corrected chi connectivity index (χ0v) is 18.6. The minimum absolute atomic E-state index is 0.0752. The summed E-state index contributed by atoms with van der Waals surface area (Å²) >= 11 is 1.26. The normalized spacial score (nSPS) is 11.7. The Hall–Kier alpha value is -3.56. The molecular formula is C23H17N5O2S2. The molecule has 0 spiro atoms. The fourth-order valence-electron chi connectivity index (χ4n) is 3.41. The van der Waals surface area contributed by atoms with Gasteiger partial charge in [-0.3, -0.25) is 9.97 Å². The second-order valence-corrected chi connectivity index (χ2v) is 9.53. The van der Waals surface area contributed by atoms with Gasteiger partial charge in [0.05, 0.1) is 27.7 Å². The summed E-state index contributed by atoms with van der Waals surface area (Å²) in [5.74, 6) is 0. The molecule has 7 nitrogen and oxygen atoms in total. The molecule has 4 heterocycles. The van der Waals surface area contributed by atoms with E-state index in [0.717, 1.165) is 0 Å². The van der Waals surface area contributed by atoms with Gasteiger partial charge in [-0.05, 0) is 48.7 Å². The van der Waals surface area contributed by atoms with Gasteiger partial charge in [-0.2, -0.15) is 5.10 Å². The number of rotatable bonds is 5. The van der Waals surface area contributed by atoms with E-state index < -0.39 is 9.84 Å². The molecule has 0 saturated carbocycles. The molecule has 0 fully saturated rings. The second kappa shape index (κ2) is 8.18. The first-order valence-corrected chi connectivity index (χ1v) is 12.4. The Labute approximate surface area is 189 Å². The van der Waals surface area contributed by atoms with Crippen molar-refractivity contribution in [3.63, 3.8) is 0 Å². The van der Waals surface area contributed by atoms with Gasteiger partial charge in [-0.1, -0.05) is 30.3 Å². The zero-order valence-electron chi connectivity index (χ0n) is 17.0. The van der Waals surface area contributed by atoms with E-state index in [-0.39, 0.29) is 15.4 Å². The summed E-state index contributed by atoms with van der Waals surface area (Å²) in [6, 6.07) is 21.2. The molecule has 0 aliphatic heterocycles. The first-order chi connectivity index (χ1) is 15.6. The minimum Gasteiger partial charge on any atom is -0.255 e. The van der Waals surface area contributed by atoms with Gasteiger partial charge in [0, 0.05) is 12.4 Å². The van der Waals surface area contributed by atoms with Crippen LogP contribution in [0.1, 0.15) is 0 Å². The van der Waals surface area contributed by atoms with E-state index in [1.165, 1.54) is 11.8 Å². The van der Waals surface area contributed by atoms with Gasteiger partial charge in [-0.25, -0.2) is 17.9 Å². The topological polar surface area (TPSA) is 90.1 Å². The van der Waals surface area contributed by atoms with Gasteiger partial charge in [0.2, 0.25) is 9.84 Å². The number of nitrogens with zero attached hydrogens (tertiary/aromatic N) is 5. The van der Waals surface area contributed by atoms with Gasteiger partial charge in [0.1, 0.15) is 5.03 Å². The predicted octanol–water partition coefficient (Wildman–Crippen LogP) is 4.41. The first kappa shape index (κ1) is 20.3. The minimum atomic E-state index is -3.87. The van der Waals surface area contributed by atoms with Crippen molar-refractivity contribution in [3.8, 4) is 22.8 Å². The lowest BCUT2D eigenvalue weighted by Gasteiger charge is -2.09. The predicted molar refractivity (Wildman–Crippen MR) is 123 cm³/mol. The van der Waals surface area contributed by atoms with E-state index in [2.05, 4.69) is 15.1 Å². The van der Waals surface area contributed by atoms with Crippen LogP contribution in [-0.2, 0) is 9.84 Å². The number of hydrogen-bond donors (Lipinski definition) is 0. The molecule has 4 aromatic heterocycles. The average molecular weight is 460 g/mol. The molecule has 0 N–H and O–H groups in total. The van der Waals surface area contributed by atoms with Crippen LogP contribution in [0, 0.1) is 0 Å². The number of sulfone groups is 1. The van der Waals surface area contributed by atoms with Crippen molar-refractivity contribution >= 4 is 27.2 Å². The maximum atomic E-state index is 13.6. The van der Waals surface area contributed by atoms with Crippen LogP contribution >= 0.6 is 11.8 Å². The summed E-state index contributed by atoms with van der Waals surface area (Å²) < 4.78 is 28.8. The van der Waals surface area contributed by atoms with Crippen LogP contribution < -0.4 is 0 Å². The van der Waals surface area contributed by atoms with Gasteiger partial charge in [0.15, 0.2) is 10.5 Å². The summed E-state index contributed by atoms with van der Waals surface area (Å²) in [6.45, 7) is 0. The van der Waals surface area contributed by atoms with Crippen molar-refractivity contribution in [2.45, 2.75) is 14.8 Å². The van der Waals surface area contributed by atoms with E-state index >= 15 is 0 Å². The Bertz CT molecular complexity index is 1500. The van der Waals surface area contributed by atoms with E-state index in [0.29, 0.717) is 27.8 Å². The lowest BCUT2D eigenvalue weighted by Crippen LogP contribution is -2.05. The fourth-order valence-corrected chi connectivity index (χ4v) is 5.82. The number of fused-ring (bicyclic) bond motifs is 1. The lowest BCUT2D eigenvalue weighted by molar-refractivity contribution is 0.594. The van der Waals surface area contributed by atoms with Crippen LogP contribution in [0.3, 0.4) is 0 Å². The molecule has 0 saturated heterocycles. The van der Waals surface area contributed by atoms with Crippen LogP contribution in [-0.4, -0.2) is 39.2 Å². The Balaban J connectivity index is 1.88. The molecule has 0 aliphatic rings. The Morgan fingerprint density at radius 1 is 0.812 bits per heavy atom. The molecule has 0 radical (unpaired) electrons. The second-order valence-electron chi connectivity index (χ2n) is 6.85. The van der Waals surface area contributed by atoms with Crippen molar-refractivity contribution in [2.75, 3.05) is 6.26 Å². The highest BCUT2D eigenvalue weighted by Gasteiger charge is 2.30. The number of thioether (sulfide) groups is 1. The number of aromatic nitrogens is 5. The van der Waals surface area contributed by atoms with Gasteiger partial charge >= 0.3 is 0 Å². The fraction of sp³-hybridized carbons (Fsp3) is 0.0435. The third-order valence-electron chi connectivity index (χ3n) is 4.89. The number of pyridine rings is 2. The summed E-state index contributed by atoms with van der Waals surface area (Å²) in [4.78, 5) is 13.8. The van der Waals surface area contributed by atoms with E-state index in [4.69, 9.17) is 4.98 Å². The van der Waals surface area contributed by atoms with Crippen molar-refractivity contribution in [1.82, 2.24) is 24.6 Å². The SMILES string of the molecule is CSc1nn2c(-c3ccccn3)cc(-c3ccccn3)nc2c1S(=O)(=O)c1ccccc1. The van der Waals surface area contributed by atoms with E-state index in [9.17, 15) is 8.42 Å². The van der Waals surface area contributed by atoms with Crippen molar-refractivity contribution in [2.24, 2.45) is 0 Å². The van der Waals surface area contributed by atoms with Gasteiger partial charge in [-0.15, -0.1) is 11.8 Å². The first-order valence-electron chi connectivity index (χ1n) is 9.70. The van der Waals surface area contributed by atoms with Crippen LogP contribution in [0.2, 0.25) is 0 Å². The quantitative estimate of drug-likeness (QED) is 0.360. The summed E-state index contributed by atoms with van der Waals surface area (Å²) in [5.41, 5.74) is 2.68. The summed E-state index contributed by atoms with van der Waals surface area (Å²) in [5, 5.41) is 4.98. The maximum absolute atomic E-state index is 13.6. The third-order valence-corrected chi connectivity index (χ3v) is 7.49. The molecule has 32 heavy (non-hydrogen) atoms. The van der Waals surface area contributed by atoms with Gasteiger partial charge < -0.3 is 0 Å².